The molecule has 156 valence electrons. The molecule has 0 radical (unpaired) electrons. The summed E-state index contributed by atoms with van der Waals surface area (Å²) in [7, 11) is 0. The monoisotopic (exact) mass is 423 g/mol. The van der Waals surface area contributed by atoms with Gasteiger partial charge in [0.25, 0.3) is 0 Å². The van der Waals surface area contributed by atoms with Crippen LogP contribution in [-0.4, -0.2) is 26.8 Å². The van der Waals surface area contributed by atoms with E-state index in [1.807, 2.05) is 56.3 Å². The summed E-state index contributed by atoms with van der Waals surface area (Å²) in [4.78, 5) is 12.8. The number of nitrogens with zero attached hydrogens (tertiary/aromatic N) is 3. The molecule has 30 heavy (non-hydrogen) atoms. The lowest BCUT2D eigenvalue weighted by Gasteiger charge is -2.16. The minimum atomic E-state index is -0.452. The molecule has 0 saturated heterocycles. The molecule has 0 aliphatic heterocycles. The van der Waals surface area contributed by atoms with Gasteiger partial charge in [0.05, 0.1) is 0 Å². The largest absolute Gasteiger partial charge is 0.486 e. The summed E-state index contributed by atoms with van der Waals surface area (Å²) in [6.45, 7) is 4.24. The average molecular weight is 424 g/mol. The summed E-state index contributed by atoms with van der Waals surface area (Å²) < 4.78 is 7.25. The highest BCUT2D eigenvalue weighted by molar-refractivity contribution is 8.00. The van der Waals surface area contributed by atoms with Crippen molar-refractivity contribution in [1.82, 2.24) is 20.2 Å². The highest BCUT2D eigenvalue weighted by Crippen LogP contribution is 2.35. The van der Waals surface area contributed by atoms with Crippen LogP contribution in [0.2, 0.25) is 0 Å². The third-order valence-electron chi connectivity index (χ3n) is 4.79. The molecule has 0 spiro atoms. The molecule has 4 rings (SSSR count). The lowest BCUT2D eigenvalue weighted by Crippen LogP contribution is -2.30. The van der Waals surface area contributed by atoms with E-state index in [0.29, 0.717) is 11.0 Å². The van der Waals surface area contributed by atoms with Gasteiger partial charge < -0.3 is 15.9 Å². The van der Waals surface area contributed by atoms with Gasteiger partial charge in [-0.25, -0.2) is 4.68 Å². The van der Waals surface area contributed by atoms with Crippen LogP contribution in [0, 0.1) is 13.8 Å². The fourth-order valence-electron chi connectivity index (χ4n) is 3.16. The number of thioether (sulfide) groups is 1. The normalized spacial score (nSPS) is 14.3. The van der Waals surface area contributed by atoms with Crippen LogP contribution in [0.4, 0.5) is 0 Å². The van der Waals surface area contributed by atoms with Crippen LogP contribution in [0.25, 0.3) is 0 Å². The van der Waals surface area contributed by atoms with Crippen molar-refractivity contribution in [1.29, 1.82) is 0 Å². The van der Waals surface area contributed by atoms with E-state index in [4.69, 9.17) is 10.6 Å². The Morgan fingerprint density at radius 2 is 1.90 bits per heavy atom. The van der Waals surface area contributed by atoms with Crippen molar-refractivity contribution in [2.45, 2.75) is 49.7 Å². The maximum Gasteiger partial charge on any atom is 0.238 e. The number of aryl methyl sites for hydroxylation is 2. The number of carbonyl (C=O) groups excluding carboxylic acids is 1. The van der Waals surface area contributed by atoms with Crippen LogP contribution in [0.1, 0.15) is 40.6 Å². The van der Waals surface area contributed by atoms with Crippen molar-refractivity contribution in [2.75, 3.05) is 5.84 Å². The number of ether oxygens (including phenoxy) is 1. The number of benzene rings is 2. The first-order chi connectivity index (χ1) is 14.5. The molecule has 1 aliphatic rings. The Balaban J connectivity index is 1.48. The minimum Gasteiger partial charge on any atom is -0.486 e. The zero-order valence-corrected chi connectivity index (χ0v) is 17.9. The summed E-state index contributed by atoms with van der Waals surface area (Å²) in [5.41, 5.74) is 3.15. The first-order valence-corrected chi connectivity index (χ1v) is 10.8. The molecule has 1 heterocycles. The van der Waals surface area contributed by atoms with Crippen molar-refractivity contribution in [3.8, 4) is 5.75 Å². The predicted molar refractivity (Wildman–Crippen MR) is 117 cm³/mol. The zero-order chi connectivity index (χ0) is 21.1. The van der Waals surface area contributed by atoms with Gasteiger partial charge in [0, 0.05) is 6.04 Å². The van der Waals surface area contributed by atoms with Crippen LogP contribution in [0.15, 0.2) is 53.7 Å². The van der Waals surface area contributed by atoms with Crippen LogP contribution in [-0.2, 0) is 11.4 Å². The standard InChI is InChI=1S/C22H25N5O2S/c1-14-10-15(2)12-18(11-14)29-13-19-25-26-22(27(19)23)30-20(16-6-4-3-5-7-16)21(28)24-17-8-9-17/h3-7,10-12,17,20H,8-9,13,23H2,1-2H3,(H,24,28). The van der Waals surface area contributed by atoms with E-state index in [0.717, 1.165) is 35.3 Å². The molecular formula is C22H25N5O2S. The summed E-state index contributed by atoms with van der Waals surface area (Å²) in [5, 5.41) is 11.4. The Labute approximate surface area is 180 Å². The second-order valence-corrected chi connectivity index (χ2v) is 8.64. The number of nitrogens with one attached hydrogen (secondary N) is 1. The van der Waals surface area contributed by atoms with E-state index in [9.17, 15) is 4.79 Å². The van der Waals surface area contributed by atoms with Crippen molar-refractivity contribution < 1.29 is 9.53 Å². The highest BCUT2D eigenvalue weighted by Gasteiger charge is 2.30. The Hall–Kier alpha value is -3.00. The maximum absolute atomic E-state index is 12.8. The molecule has 3 aromatic rings. The number of hydrogen-bond donors (Lipinski definition) is 2. The number of amides is 1. The number of rotatable bonds is 8. The van der Waals surface area contributed by atoms with Gasteiger partial charge in [-0.3, -0.25) is 4.79 Å². The van der Waals surface area contributed by atoms with Gasteiger partial charge in [-0.05, 0) is 55.5 Å². The molecule has 1 saturated carbocycles. The number of aromatic nitrogens is 3. The predicted octanol–water partition coefficient (Wildman–Crippen LogP) is 3.30. The van der Waals surface area contributed by atoms with E-state index >= 15 is 0 Å². The van der Waals surface area contributed by atoms with E-state index in [1.165, 1.54) is 16.4 Å². The molecule has 1 aliphatic carbocycles. The third kappa shape index (κ3) is 4.94. The lowest BCUT2D eigenvalue weighted by molar-refractivity contribution is -0.120. The molecule has 0 bridgehead atoms. The van der Waals surface area contributed by atoms with Gasteiger partial charge in [0.15, 0.2) is 5.82 Å². The van der Waals surface area contributed by atoms with Crippen molar-refractivity contribution in [3.05, 3.63) is 71.0 Å². The van der Waals surface area contributed by atoms with Crippen LogP contribution in [0.5, 0.6) is 5.75 Å². The summed E-state index contributed by atoms with van der Waals surface area (Å²) in [6, 6.07) is 15.9. The topological polar surface area (TPSA) is 95.1 Å². The quantitative estimate of drug-likeness (QED) is 0.426. The first-order valence-electron chi connectivity index (χ1n) is 9.92. The molecule has 1 fully saturated rings. The number of carbonyl (C=O) groups is 1. The Morgan fingerprint density at radius 3 is 2.57 bits per heavy atom. The fourth-order valence-corrected chi connectivity index (χ4v) is 4.15. The minimum absolute atomic E-state index is 0.0373. The Kier molecular flexibility index (Phi) is 5.94. The Morgan fingerprint density at radius 1 is 1.20 bits per heavy atom. The summed E-state index contributed by atoms with van der Waals surface area (Å²) in [6.07, 6.45) is 2.07. The van der Waals surface area contributed by atoms with Crippen molar-refractivity contribution in [2.24, 2.45) is 0 Å². The van der Waals surface area contributed by atoms with E-state index in [2.05, 4.69) is 21.6 Å². The van der Waals surface area contributed by atoms with E-state index in [1.54, 1.807) is 0 Å². The van der Waals surface area contributed by atoms with Gasteiger partial charge in [-0.2, -0.15) is 0 Å². The molecule has 1 unspecified atom stereocenters. The van der Waals surface area contributed by atoms with Gasteiger partial charge in [0.1, 0.15) is 17.6 Å². The summed E-state index contributed by atoms with van der Waals surface area (Å²) in [5.74, 6) is 7.44. The van der Waals surface area contributed by atoms with Crippen LogP contribution in [0.3, 0.4) is 0 Å². The smallest absolute Gasteiger partial charge is 0.238 e. The molecule has 1 amide bonds. The summed E-state index contributed by atoms with van der Waals surface area (Å²) >= 11 is 1.29. The first kappa shape index (κ1) is 20.3. The SMILES string of the molecule is Cc1cc(C)cc(OCc2nnc(SC(C(=O)NC3CC3)c3ccccc3)n2N)c1. The second-order valence-electron chi connectivity index (χ2n) is 7.57. The molecular weight excluding hydrogens is 398 g/mol. The maximum atomic E-state index is 12.8. The third-order valence-corrected chi connectivity index (χ3v) is 6.00. The van der Waals surface area contributed by atoms with Crippen LogP contribution < -0.4 is 15.9 Å². The molecule has 1 aromatic heterocycles. The fraction of sp³-hybridized carbons (Fsp3) is 0.318. The highest BCUT2D eigenvalue weighted by atomic mass is 32.2. The number of hydrogen-bond acceptors (Lipinski definition) is 6. The lowest BCUT2D eigenvalue weighted by atomic mass is 10.1. The zero-order valence-electron chi connectivity index (χ0n) is 17.0. The van der Waals surface area contributed by atoms with Crippen molar-refractivity contribution in [3.63, 3.8) is 0 Å². The molecule has 3 N–H and O–H groups in total. The van der Waals surface area contributed by atoms with E-state index < -0.39 is 5.25 Å². The molecule has 1 atom stereocenters. The van der Waals surface area contributed by atoms with Gasteiger partial charge >= 0.3 is 0 Å². The molecule has 7 nitrogen and oxygen atoms in total. The molecule has 8 heteroatoms. The second kappa shape index (κ2) is 8.79. The van der Waals surface area contributed by atoms with Gasteiger partial charge in [-0.1, -0.05) is 48.2 Å². The average Bonchev–Trinajstić information content (AvgIpc) is 3.46. The van der Waals surface area contributed by atoms with Gasteiger partial charge in [-0.15, -0.1) is 10.2 Å². The Bertz CT molecular complexity index is 1010. The van der Waals surface area contributed by atoms with Gasteiger partial charge in [0.2, 0.25) is 11.1 Å². The number of nitrogens with two attached hydrogens (primary N) is 1. The molecule has 2 aromatic carbocycles. The van der Waals surface area contributed by atoms with Crippen LogP contribution >= 0.6 is 11.8 Å². The van der Waals surface area contributed by atoms with E-state index in [-0.39, 0.29) is 18.6 Å². The number of nitrogen functional groups attached to an aromatic ring is 1. The van der Waals surface area contributed by atoms with Crippen molar-refractivity contribution >= 4 is 17.7 Å².